The zero-order chi connectivity index (χ0) is 43.3. The molecule has 11 heteroatoms. The molecule has 2 amide bonds. The maximum absolute atomic E-state index is 14.9. The maximum Gasteiger partial charge on any atom is 0.337 e. The average molecular weight is 842 g/mol. The van der Waals surface area contributed by atoms with Crippen molar-refractivity contribution in [2.45, 2.75) is 124 Å². The molecule has 1 aromatic heterocycles. The number of thioether (sulfide) groups is 1. The van der Waals surface area contributed by atoms with Crippen LogP contribution in [-0.2, 0) is 22.6 Å². The Morgan fingerprint density at radius 3 is 2.35 bits per heavy atom. The minimum atomic E-state index is -1.05. The fraction of sp³-hybridized carbons (Fsp3) is 0.653. The van der Waals surface area contributed by atoms with Gasteiger partial charge in [-0.3, -0.25) is 19.4 Å². The van der Waals surface area contributed by atoms with Gasteiger partial charge in [-0.2, -0.15) is 11.8 Å². The molecule has 5 saturated carbocycles. The highest BCUT2D eigenvalue weighted by molar-refractivity contribution is 7.99. The van der Waals surface area contributed by atoms with Gasteiger partial charge in [-0.25, -0.2) is 4.79 Å². The first-order valence-electron chi connectivity index (χ1n) is 22.4. The summed E-state index contributed by atoms with van der Waals surface area (Å²) in [4.78, 5) is 54.6. The number of carbonyl (C=O) groups is 4. The first-order chi connectivity index (χ1) is 28.4. The number of hydrogen-bond acceptors (Lipinski definition) is 7. The second-order valence-electron chi connectivity index (χ2n) is 20.5. The number of nitrogens with one attached hydrogen (secondary N) is 2. The number of nitrogens with zero attached hydrogens (tertiary/aromatic N) is 1. The lowest BCUT2D eigenvalue weighted by atomic mass is 9.32. The highest BCUT2D eigenvalue weighted by atomic mass is 32.2. The fourth-order valence-corrected chi connectivity index (χ4v) is 15.1. The highest BCUT2D eigenvalue weighted by Crippen LogP contribution is 2.77. The number of aliphatic carboxylic acids is 1. The Balaban J connectivity index is 1.07. The van der Waals surface area contributed by atoms with Gasteiger partial charge in [-0.1, -0.05) is 58.9 Å². The second-order valence-corrected chi connectivity index (χ2v) is 21.6. The fourth-order valence-electron chi connectivity index (χ4n) is 14.2. The number of fused-ring (bicyclic) bond motifs is 7. The van der Waals surface area contributed by atoms with Crippen molar-refractivity contribution in [3.05, 3.63) is 77.1 Å². The summed E-state index contributed by atoms with van der Waals surface area (Å²) >= 11 is 1.65. The van der Waals surface area contributed by atoms with Crippen LogP contribution in [0.25, 0.3) is 0 Å². The van der Waals surface area contributed by atoms with Gasteiger partial charge in [0.05, 0.1) is 35.7 Å². The van der Waals surface area contributed by atoms with Crippen LogP contribution in [0.1, 0.15) is 137 Å². The van der Waals surface area contributed by atoms with Crippen molar-refractivity contribution in [1.82, 2.24) is 15.6 Å². The molecule has 7 rings (SSSR count). The molecule has 10 nitrogen and oxygen atoms in total. The number of hydrogen-bond donors (Lipinski definition) is 5. The SMILES string of the molecule is C=C(CSCCC(=O)O)[C@@H]1CC[C@]2(C(=O)NCCc3cccc(C(=O)NCc4ccc(C(=O)O)cn4)c3)CC[C@]3(C)C(CCC4[C@@]5(C)CC[C@H](O)C(C)(C)C5CC[C@]43C)C12. The molecule has 0 bridgehead atoms. The summed E-state index contributed by atoms with van der Waals surface area (Å²) in [6.07, 6.45) is 11.8. The number of rotatable bonds is 14. The molecular formula is C49H67N3O7S. The van der Waals surface area contributed by atoms with Crippen LogP contribution in [0.3, 0.4) is 0 Å². The molecule has 1 heterocycles. The Morgan fingerprint density at radius 1 is 0.850 bits per heavy atom. The van der Waals surface area contributed by atoms with Crippen LogP contribution in [0.4, 0.5) is 0 Å². The summed E-state index contributed by atoms with van der Waals surface area (Å²) < 4.78 is 0. The number of carbonyl (C=O) groups excluding carboxylic acids is 2. The Bertz CT molecular complexity index is 1990. The Labute approximate surface area is 360 Å². The van der Waals surface area contributed by atoms with Crippen molar-refractivity contribution in [3.8, 4) is 0 Å². The lowest BCUT2D eigenvalue weighted by Crippen LogP contribution is -2.67. The highest BCUT2D eigenvalue weighted by Gasteiger charge is 2.72. The van der Waals surface area contributed by atoms with Crippen LogP contribution in [0.5, 0.6) is 0 Å². The molecule has 326 valence electrons. The van der Waals surface area contributed by atoms with E-state index in [4.69, 9.17) is 5.11 Å². The molecule has 5 fully saturated rings. The van der Waals surface area contributed by atoms with E-state index in [0.717, 1.165) is 75.3 Å². The van der Waals surface area contributed by atoms with Gasteiger partial charge in [0.1, 0.15) is 0 Å². The topological polar surface area (TPSA) is 166 Å². The van der Waals surface area contributed by atoms with E-state index in [9.17, 15) is 29.4 Å². The molecule has 1 aromatic carbocycles. The molecule has 5 aliphatic carbocycles. The Hall–Kier alpha value is -3.70. The summed E-state index contributed by atoms with van der Waals surface area (Å²) in [6.45, 7) is 17.6. The number of aliphatic hydroxyl groups is 1. The van der Waals surface area contributed by atoms with E-state index in [1.807, 2.05) is 18.2 Å². The third kappa shape index (κ3) is 7.73. The number of aliphatic hydroxyl groups excluding tert-OH is 1. The van der Waals surface area contributed by atoms with Crippen LogP contribution in [-0.4, -0.2) is 68.2 Å². The minimum Gasteiger partial charge on any atom is -0.481 e. The normalized spacial score (nSPS) is 35.2. The van der Waals surface area contributed by atoms with Gasteiger partial charge in [-0.15, -0.1) is 0 Å². The quantitative estimate of drug-likeness (QED) is 0.0926. The van der Waals surface area contributed by atoms with Crippen molar-refractivity contribution >= 4 is 35.5 Å². The van der Waals surface area contributed by atoms with Crippen molar-refractivity contribution in [2.75, 3.05) is 18.1 Å². The van der Waals surface area contributed by atoms with Gasteiger partial charge in [0, 0.05) is 29.8 Å². The lowest BCUT2D eigenvalue weighted by Gasteiger charge is -2.72. The molecule has 5 aliphatic rings. The summed E-state index contributed by atoms with van der Waals surface area (Å²) in [5.74, 6) is 1.09. The first kappa shape index (κ1) is 44.4. The molecule has 2 aromatic rings. The van der Waals surface area contributed by atoms with Crippen LogP contribution in [0.2, 0.25) is 0 Å². The predicted molar refractivity (Wildman–Crippen MR) is 234 cm³/mol. The number of benzene rings is 1. The minimum absolute atomic E-state index is 0.0524. The third-order valence-corrected chi connectivity index (χ3v) is 18.6. The summed E-state index contributed by atoms with van der Waals surface area (Å²) in [6, 6.07) is 10.5. The van der Waals surface area contributed by atoms with Crippen molar-refractivity contribution < 1.29 is 34.5 Å². The molecule has 0 radical (unpaired) electrons. The number of aromatic nitrogens is 1. The van der Waals surface area contributed by atoms with Crippen molar-refractivity contribution in [3.63, 3.8) is 0 Å². The number of pyridine rings is 1. The number of amides is 2. The molecule has 5 N–H and O–H groups in total. The van der Waals surface area contributed by atoms with Crippen LogP contribution in [0.15, 0.2) is 54.7 Å². The Kier molecular flexibility index (Phi) is 12.5. The summed E-state index contributed by atoms with van der Waals surface area (Å²) in [5.41, 5.74) is 2.98. The van der Waals surface area contributed by atoms with Gasteiger partial charge in [0.25, 0.3) is 5.91 Å². The predicted octanol–water partition coefficient (Wildman–Crippen LogP) is 8.58. The Morgan fingerprint density at radius 2 is 1.63 bits per heavy atom. The smallest absolute Gasteiger partial charge is 0.337 e. The van der Waals surface area contributed by atoms with Crippen LogP contribution >= 0.6 is 11.8 Å². The lowest BCUT2D eigenvalue weighted by molar-refractivity contribution is -0.246. The standard InChI is InChI=1S/C49H67N3O7S/c1-30(29-60-25-18-40(54)55)35-14-21-49(44(59)50-24-17-31-8-7-9-32(26-31)42(56)52-28-34-11-10-33(27-51-34)43(57)58)23-22-47(5)36(41(35)49)12-13-38-46(4)19-16-39(53)45(2,3)37(46)15-20-48(38,47)6/h7-11,26-27,35-39,41,53H,1,12-25,28-29H2,2-6H3,(H,50,59)(H,52,56)(H,54,55)(H,57,58)/t35-,36?,37?,38?,39-,41?,46-,47+,48+,49-/m0/s1. The van der Waals surface area contributed by atoms with E-state index in [1.54, 1.807) is 23.9 Å². The third-order valence-electron chi connectivity index (χ3n) is 17.5. The second kappa shape index (κ2) is 16.9. The maximum atomic E-state index is 14.9. The largest absolute Gasteiger partial charge is 0.481 e. The van der Waals surface area contributed by atoms with E-state index in [2.05, 4.69) is 56.8 Å². The number of carboxylic acids is 2. The molecule has 4 unspecified atom stereocenters. The average Bonchev–Trinajstić information content (AvgIpc) is 3.62. The van der Waals surface area contributed by atoms with Gasteiger partial charge in [0.2, 0.25) is 5.91 Å². The summed E-state index contributed by atoms with van der Waals surface area (Å²) in [5, 5.41) is 35.9. The van der Waals surface area contributed by atoms with Crippen LogP contribution in [0, 0.1) is 56.7 Å². The first-order valence-corrected chi connectivity index (χ1v) is 23.5. The van der Waals surface area contributed by atoms with E-state index in [0.29, 0.717) is 53.5 Å². The van der Waals surface area contributed by atoms with Gasteiger partial charge in [0.15, 0.2) is 0 Å². The van der Waals surface area contributed by atoms with E-state index < -0.39 is 17.4 Å². The summed E-state index contributed by atoms with van der Waals surface area (Å²) in [7, 11) is 0. The van der Waals surface area contributed by atoms with Crippen molar-refractivity contribution in [1.29, 1.82) is 0 Å². The van der Waals surface area contributed by atoms with Gasteiger partial charge >= 0.3 is 11.9 Å². The van der Waals surface area contributed by atoms with Crippen LogP contribution < -0.4 is 10.6 Å². The van der Waals surface area contributed by atoms with Gasteiger partial charge in [-0.05, 0) is 152 Å². The van der Waals surface area contributed by atoms with E-state index in [-0.39, 0.29) is 69.9 Å². The van der Waals surface area contributed by atoms with E-state index in [1.165, 1.54) is 12.3 Å². The molecule has 0 aliphatic heterocycles. The van der Waals surface area contributed by atoms with Crippen molar-refractivity contribution in [2.24, 2.45) is 56.7 Å². The molecule has 0 saturated heterocycles. The van der Waals surface area contributed by atoms with E-state index >= 15 is 0 Å². The zero-order valence-corrected chi connectivity index (χ0v) is 37.2. The van der Waals surface area contributed by atoms with Gasteiger partial charge < -0.3 is 26.0 Å². The monoisotopic (exact) mass is 841 g/mol. The molecular weight excluding hydrogens is 775 g/mol. The number of aromatic carboxylic acids is 1. The zero-order valence-electron chi connectivity index (χ0n) is 36.4. The number of carboxylic acid groups (broad SMARTS) is 2. The molecule has 10 atom stereocenters. The molecule has 60 heavy (non-hydrogen) atoms. The molecule has 0 spiro atoms.